The van der Waals surface area contributed by atoms with E-state index in [2.05, 4.69) is 6.08 Å². The fraction of sp³-hybridized carbons (Fsp3) is 0.625. The van der Waals surface area contributed by atoms with Crippen LogP contribution in [0.1, 0.15) is 6.92 Å². The Morgan fingerprint density at radius 1 is 1.73 bits per heavy atom. The van der Waals surface area contributed by atoms with E-state index in [0.717, 1.165) is 6.54 Å². The van der Waals surface area contributed by atoms with Crippen molar-refractivity contribution in [2.45, 2.75) is 13.0 Å². The molecule has 0 radical (unpaired) electrons. The van der Waals surface area contributed by atoms with E-state index in [0.29, 0.717) is 18.6 Å². The van der Waals surface area contributed by atoms with Gasteiger partial charge in [-0.25, -0.2) is 4.79 Å². The Hall–Kier alpha value is -0.990. The highest BCUT2D eigenvalue weighted by Crippen LogP contribution is 2.34. The van der Waals surface area contributed by atoms with Gasteiger partial charge in [-0.2, -0.15) is 0 Å². The summed E-state index contributed by atoms with van der Waals surface area (Å²) in [6.45, 7) is 3.14. The summed E-state index contributed by atoms with van der Waals surface area (Å²) in [6, 6.07) is 0.356. The van der Waals surface area contributed by atoms with Crippen LogP contribution < -0.4 is 0 Å². The van der Waals surface area contributed by atoms with E-state index in [1.54, 1.807) is 4.90 Å². The summed E-state index contributed by atoms with van der Waals surface area (Å²) < 4.78 is 4.85. The molecule has 3 nitrogen and oxygen atoms in total. The molecular formula is C8H11NO2. The Bertz CT molecular complexity index is 212. The minimum atomic E-state index is -0.168. The molecule has 0 unspecified atom stereocenters. The van der Waals surface area contributed by atoms with E-state index in [4.69, 9.17) is 4.74 Å². The quantitative estimate of drug-likeness (QED) is 0.526. The molecule has 3 heteroatoms. The van der Waals surface area contributed by atoms with Gasteiger partial charge in [0.05, 0.1) is 12.6 Å². The smallest absolute Gasteiger partial charge is 0.410 e. The first-order chi connectivity index (χ1) is 5.33. The lowest BCUT2D eigenvalue weighted by Crippen LogP contribution is -2.60. The van der Waals surface area contributed by atoms with Gasteiger partial charge in [-0.1, -0.05) is 12.2 Å². The maximum Gasteiger partial charge on any atom is 0.410 e. The fourth-order valence-corrected chi connectivity index (χ4v) is 1.49. The van der Waals surface area contributed by atoms with Gasteiger partial charge < -0.3 is 9.64 Å². The Kier molecular flexibility index (Phi) is 1.37. The number of hydrogen-bond acceptors (Lipinski definition) is 2. The van der Waals surface area contributed by atoms with Crippen LogP contribution in [0.15, 0.2) is 12.2 Å². The second-order valence-corrected chi connectivity index (χ2v) is 2.89. The van der Waals surface area contributed by atoms with E-state index in [1.807, 2.05) is 13.0 Å². The highest BCUT2D eigenvalue weighted by molar-refractivity contribution is 5.70. The molecule has 2 aliphatic rings. The van der Waals surface area contributed by atoms with Crippen molar-refractivity contribution in [1.29, 1.82) is 0 Å². The van der Waals surface area contributed by atoms with Crippen molar-refractivity contribution in [3.63, 3.8) is 0 Å². The lowest BCUT2D eigenvalue weighted by Gasteiger charge is -2.49. The molecule has 0 aromatic heterocycles. The highest BCUT2D eigenvalue weighted by atomic mass is 16.6. The number of fused-ring (bicyclic) bond motifs is 1. The van der Waals surface area contributed by atoms with Gasteiger partial charge in [-0.3, -0.25) is 0 Å². The average molecular weight is 153 g/mol. The van der Waals surface area contributed by atoms with Gasteiger partial charge in [0.2, 0.25) is 0 Å². The minimum Gasteiger partial charge on any atom is -0.450 e. The van der Waals surface area contributed by atoms with E-state index in [-0.39, 0.29) is 6.09 Å². The first-order valence-corrected chi connectivity index (χ1v) is 3.94. The summed E-state index contributed by atoms with van der Waals surface area (Å²) in [5.41, 5.74) is 0. The standard InChI is InChI=1S/C8H11NO2/c1-2-11-8(10)9-5-6-3-4-7(6)9/h3-4,6-7H,2,5H2,1H3/t6-,7+/m0/s1. The molecule has 11 heavy (non-hydrogen) atoms. The maximum absolute atomic E-state index is 11.1. The van der Waals surface area contributed by atoms with Crippen molar-refractivity contribution in [2.75, 3.05) is 13.2 Å². The summed E-state index contributed by atoms with van der Waals surface area (Å²) >= 11 is 0. The number of carbonyl (C=O) groups is 1. The van der Waals surface area contributed by atoms with Crippen LogP contribution >= 0.6 is 0 Å². The van der Waals surface area contributed by atoms with Crippen LogP contribution in [0.4, 0.5) is 4.79 Å². The molecule has 1 fully saturated rings. The molecule has 2 rings (SSSR count). The van der Waals surface area contributed by atoms with Crippen molar-refractivity contribution in [1.82, 2.24) is 4.90 Å². The van der Waals surface area contributed by atoms with Crippen LogP contribution in [0.5, 0.6) is 0 Å². The van der Waals surface area contributed by atoms with E-state index >= 15 is 0 Å². The second-order valence-electron chi connectivity index (χ2n) is 2.89. The van der Waals surface area contributed by atoms with Gasteiger partial charge in [0.25, 0.3) is 0 Å². The number of rotatable bonds is 1. The third kappa shape index (κ3) is 0.836. The SMILES string of the molecule is CCOC(=O)N1C[C@@H]2C=C[C@H]21. The first-order valence-electron chi connectivity index (χ1n) is 3.94. The monoisotopic (exact) mass is 153 g/mol. The molecule has 0 saturated carbocycles. The van der Waals surface area contributed by atoms with Crippen LogP contribution in [-0.2, 0) is 4.74 Å². The second kappa shape index (κ2) is 2.26. The van der Waals surface area contributed by atoms with Crippen LogP contribution in [0.3, 0.4) is 0 Å². The van der Waals surface area contributed by atoms with Gasteiger partial charge in [0.15, 0.2) is 0 Å². The summed E-state index contributed by atoms with van der Waals surface area (Å²) in [7, 11) is 0. The Labute approximate surface area is 65.6 Å². The number of amides is 1. The molecule has 1 aliphatic heterocycles. The molecule has 1 aliphatic carbocycles. The summed E-state index contributed by atoms with van der Waals surface area (Å²) in [4.78, 5) is 12.8. The molecule has 1 heterocycles. The summed E-state index contributed by atoms with van der Waals surface area (Å²) in [5.74, 6) is 0.624. The number of nitrogens with zero attached hydrogens (tertiary/aromatic N) is 1. The van der Waals surface area contributed by atoms with Crippen LogP contribution in [0.2, 0.25) is 0 Å². The third-order valence-electron chi connectivity index (χ3n) is 2.26. The van der Waals surface area contributed by atoms with Gasteiger partial charge >= 0.3 is 6.09 Å². The van der Waals surface area contributed by atoms with Crippen molar-refractivity contribution < 1.29 is 9.53 Å². The van der Waals surface area contributed by atoms with Crippen molar-refractivity contribution in [3.05, 3.63) is 12.2 Å². The molecule has 0 N–H and O–H groups in total. The molecular weight excluding hydrogens is 142 g/mol. The van der Waals surface area contributed by atoms with Gasteiger partial charge in [-0.15, -0.1) is 0 Å². The maximum atomic E-state index is 11.1. The zero-order valence-corrected chi connectivity index (χ0v) is 6.49. The lowest BCUT2D eigenvalue weighted by atomic mass is 9.80. The predicted molar refractivity (Wildman–Crippen MR) is 40.1 cm³/mol. The van der Waals surface area contributed by atoms with E-state index < -0.39 is 0 Å². The lowest BCUT2D eigenvalue weighted by molar-refractivity contribution is 0.0324. The van der Waals surface area contributed by atoms with E-state index in [1.165, 1.54) is 0 Å². The fourth-order valence-electron chi connectivity index (χ4n) is 1.49. The molecule has 0 aromatic carbocycles. The number of carbonyl (C=O) groups excluding carboxylic acids is 1. The largest absolute Gasteiger partial charge is 0.450 e. The zero-order chi connectivity index (χ0) is 7.84. The average Bonchev–Trinajstić information content (AvgIpc) is 1.95. The molecule has 0 bridgehead atoms. The Balaban J connectivity index is 1.88. The van der Waals surface area contributed by atoms with Crippen LogP contribution in [0.25, 0.3) is 0 Å². The highest BCUT2D eigenvalue weighted by Gasteiger charge is 2.44. The van der Waals surface area contributed by atoms with Crippen molar-refractivity contribution >= 4 is 6.09 Å². The summed E-state index contributed by atoms with van der Waals surface area (Å²) in [5, 5.41) is 0. The summed E-state index contributed by atoms with van der Waals surface area (Å²) in [6.07, 6.45) is 4.02. The number of ether oxygens (including phenoxy) is 1. The molecule has 1 amide bonds. The first kappa shape index (κ1) is 6.70. The zero-order valence-electron chi connectivity index (χ0n) is 6.49. The van der Waals surface area contributed by atoms with Crippen molar-refractivity contribution in [2.24, 2.45) is 5.92 Å². The van der Waals surface area contributed by atoms with Crippen LogP contribution in [0, 0.1) is 5.92 Å². The normalized spacial score (nSPS) is 31.9. The molecule has 60 valence electrons. The van der Waals surface area contributed by atoms with Gasteiger partial charge in [0.1, 0.15) is 0 Å². The predicted octanol–water partition coefficient (Wildman–Crippen LogP) is 1.01. The number of hydrogen-bond donors (Lipinski definition) is 0. The molecule has 1 saturated heterocycles. The molecule has 2 atom stereocenters. The van der Waals surface area contributed by atoms with Gasteiger partial charge in [0, 0.05) is 12.5 Å². The van der Waals surface area contributed by atoms with Crippen LogP contribution in [-0.4, -0.2) is 30.2 Å². The van der Waals surface area contributed by atoms with Gasteiger partial charge in [-0.05, 0) is 6.92 Å². The molecule has 0 spiro atoms. The van der Waals surface area contributed by atoms with Crippen molar-refractivity contribution in [3.8, 4) is 0 Å². The minimum absolute atomic E-state index is 0.168. The van der Waals surface area contributed by atoms with E-state index in [9.17, 15) is 4.79 Å². The number of likely N-dealkylation sites (tertiary alicyclic amines) is 1. The third-order valence-corrected chi connectivity index (χ3v) is 2.26. The topological polar surface area (TPSA) is 29.5 Å². The Morgan fingerprint density at radius 2 is 2.55 bits per heavy atom. The Morgan fingerprint density at radius 3 is 2.91 bits per heavy atom. The molecule has 0 aromatic rings.